The number of thioether (sulfide) groups is 1. The standard InChI is InChI=1S/C14H22IN3S/c1-3-8-19-9-11-17-13(10-6-4-5-7-10)12(15)14(16-2)18-11/h10H,3-9H2,1-2H3,(H,16,17,18). The Balaban J connectivity index is 2.21. The predicted octanol–water partition coefficient (Wildman–Crippen LogP) is 4.42. The molecule has 19 heavy (non-hydrogen) atoms. The van der Waals surface area contributed by atoms with Crippen molar-refractivity contribution in [2.75, 3.05) is 18.1 Å². The van der Waals surface area contributed by atoms with E-state index < -0.39 is 0 Å². The molecule has 3 nitrogen and oxygen atoms in total. The van der Waals surface area contributed by atoms with Gasteiger partial charge in [-0.3, -0.25) is 0 Å². The number of halogens is 1. The van der Waals surface area contributed by atoms with E-state index in [1.807, 2.05) is 18.8 Å². The molecule has 1 fully saturated rings. The van der Waals surface area contributed by atoms with E-state index in [2.05, 4.69) is 39.8 Å². The summed E-state index contributed by atoms with van der Waals surface area (Å²) in [5, 5.41) is 3.22. The first kappa shape index (κ1) is 15.4. The summed E-state index contributed by atoms with van der Waals surface area (Å²) < 4.78 is 1.22. The Bertz CT molecular complexity index is 419. The number of rotatable bonds is 6. The first-order valence-corrected chi connectivity index (χ1v) is 9.31. The van der Waals surface area contributed by atoms with Crippen LogP contribution in [-0.4, -0.2) is 22.8 Å². The van der Waals surface area contributed by atoms with E-state index in [0.717, 1.165) is 17.4 Å². The van der Waals surface area contributed by atoms with Gasteiger partial charge in [0.1, 0.15) is 11.6 Å². The number of nitrogens with zero attached hydrogens (tertiary/aromatic N) is 2. The lowest BCUT2D eigenvalue weighted by molar-refractivity contribution is 0.683. The summed E-state index contributed by atoms with van der Waals surface area (Å²) in [4.78, 5) is 9.50. The molecule has 1 aliphatic rings. The summed E-state index contributed by atoms with van der Waals surface area (Å²) in [5.74, 6) is 4.76. The number of anilines is 1. The molecular formula is C14H22IN3S. The molecule has 1 heterocycles. The summed E-state index contributed by atoms with van der Waals surface area (Å²) in [6, 6.07) is 0. The van der Waals surface area contributed by atoms with Gasteiger partial charge in [0.25, 0.3) is 0 Å². The zero-order valence-corrected chi connectivity index (χ0v) is 14.7. The molecule has 2 rings (SSSR count). The average Bonchev–Trinajstić information content (AvgIpc) is 2.94. The average molecular weight is 391 g/mol. The van der Waals surface area contributed by atoms with Crippen LogP contribution >= 0.6 is 34.4 Å². The molecule has 0 radical (unpaired) electrons. The number of aromatic nitrogens is 2. The zero-order valence-electron chi connectivity index (χ0n) is 11.7. The van der Waals surface area contributed by atoms with E-state index in [0.29, 0.717) is 5.92 Å². The first-order chi connectivity index (χ1) is 9.26. The molecule has 0 spiro atoms. The van der Waals surface area contributed by atoms with E-state index >= 15 is 0 Å². The monoisotopic (exact) mass is 391 g/mol. The number of nitrogens with one attached hydrogen (secondary N) is 1. The van der Waals surface area contributed by atoms with Crippen molar-refractivity contribution in [1.82, 2.24) is 9.97 Å². The lowest BCUT2D eigenvalue weighted by Crippen LogP contribution is -2.09. The third-order valence-electron chi connectivity index (χ3n) is 3.48. The summed E-state index contributed by atoms with van der Waals surface area (Å²) in [5.41, 5.74) is 1.28. The highest BCUT2D eigenvalue weighted by atomic mass is 127. The molecule has 1 aromatic rings. The Morgan fingerprint density at radius 2 is 2.05 bits per heavy atom. The van der Waals surface area contributed by atoms with Gasteiger partial charge in [-0.15, -0.1) is 0 Å². The third kappa shape index (κ3) is 3.97. The Labute approximate surface area is 133 Å². The van der Waals surface area contributed by atoms with Gasteiger partial charge in [0, 0.05) is 13.0 Å². The minimum absolute atomic E-state index is 0.650. The van der Waals surface area contributed by atoms with Crippen LogP contribution in [0, 0.1) is 3.57 Å². The van der Waals surface area contributed by atoms with Gasteiger partial charge in [-0.25, -0.2) is 9.97 Å². The Hall–Kier alpha value is -0.0400. The van der Waals surface area contributed by atoms with E-state index in [1.165, 1.54) is 47.1 Å². The van der Waals surface area contributed by atoms with Crippen LogP contribution in [0.1, 0.15) is 56.5 Å². The maximum atomic E-state index is 4.86. The fourth-order valence-corrected chi connectivity index (χ4v) is 4.22. The summed E-state index contributed by atoms with van der Waals surface area (Å²) >= 11 is 4.33. The van der Waals surface area contributed by atoms with Crippen molar-refractivity contribution in [2.45, 2.75) is 50.7 Å². The lowest BCUT2D eigenvalue weighted by atomic mass is 10.0. The van der Waals surface area contributed by atoms with E-state index in [9.17, 15) is 0 Å². The van der Waals surface area contributed by atoms with Gasteiger partial charge >= 0.3 is 0 Å². The minimum atomic E-state index is 0.650. The third-order valence-corrected chi connectivity index (χ3v) is 5.70. The predicted molar refractivity (Wildman–Crippen MR) is 92.0 cm³/mol. The van der Waals surface area contributed by atoms with Crippen molar-refractivity contribution >= 4 is 40.2 Å². The summed E-state index contributed by atoms with van der Waals surface area (Å²) in [7, 11) is 1.95. The molecule has 5 heteroatoms. The highest BCUT2D eigenvalue weighted by molar-refractivity contribution is 14.1. The molecule has 1 aliphatic carbocycles. The van der Waals surface area contributed by atoms with Crippen LogP contribution in [0.25, 0.3) is 0 Å². The van der Waals surface area contributed by atoms with Crippen molar-refractivity contribution in [3.63, 3.8) is 0 Å². The second kappa shape index (κ2) is 7.67. The molecule has 0 aromatic carbocycles. The zero-order chi connectivity index (χ0) is 13.7. The van der Waals surface area contributed by atoms with Crippen LogP contribution in [0.2, 0.25) is 0 Å². The van der Waals surface area contributed by atoms with Crippen LogP contribution < -0.4 is 5.32 Å². The molecule has 1 saturated carbocycles. The van der Waals surface area contributed by atoms with Crippen LogP contribution in [0.4, 0.5) is 5.82 Å². The highest BCUT2D eigenvalue weighted by Crippen LogP contribution is 2.37. The Kier molecular flexibility index (Phi) is 6.19. The lowest BCUT2D eigenvalue weighted by Gasteiger charge is -2.15. The molecule has 0 amide bonds. The van der Waals surface area contributed by atoms with Crippen molar-refractivity contribution in [3.8, 4) is 0 Å². The summed E-state index contributed by atoms with van der Waals surface area (Å²) in [6.07, 6.45) is 6.48. The second-order valence-electron chi connectivity index (χ2n) is 4.97. The minimum Gasteiger partial charge on any atom is -0.372 e. The van der Waals surface area contributed by atoms with Gasteiger partial charge in [0.2, 0.25) is 0 Å². The van der Waals surface area contributed by atoms with E-state index in [1.54, 1.807) is 0 Å². The Morgan fingerprint density at radius 3 is 2.68 bits per heavy atom. The molecule has 0 bridgehead atoms. The second-order valence-corrected chi connectivity index (χ2v) is 7.16. The fourth-order valence-electron chi connectivity index (χ4n) is 2.52. The van der Waals surface area contributed by atoms with E-state index in [-0.39, 0.29) is 0 Å². The van der Waals surface area contributed by atoms with Gasteiger partial charge < -0.3 is 5.32 Å². The van der Waals surface area contributed by atoms with E-state index in [4.69, 9.17) is 4.98 Å². The summed E-state index contributed by atoms with van der Waals surface area (Å²) in [6.45, 7) is 2.21. The normalized spacial score (nSPS) is 15.9. The van der Waals surface area contributed by atoms with Crippen molar-refractivity contribution in [1.29, 1.82) is 0 Å². The number of hydrogen-bond donors (Lipinski definition) is 1. The van der Waals surface area contributed by atoms with Gasteiger partial charge in [-0.2, -0.15) is 11.8 Å². The van der Waals surface area contributed by atoms with Gasteiger partial charge in [0.15, 0.2) is 0 Å². The van der Waals surface area contributed by atoms with Crippen molar-refractivity contribution in [2.24, 2.45) is 0 Å². The molecule has 1 aromatic heterocycles. The van der Waals surface area contributed by atoms with Gasteiger partial charge in [-0.1, -0.05) is 19.8 Å². The SMILES string of the molecule is CCCSCc1nc(NC)c(I)c(C2CCCC2)n1. The van der Waals surface area contributed by atoms with Crippen LogP contribution in [-0.2, 0) is 5.75 Å². The maximum Gasteiger partial charge on any atom is 0.143 e. The molecule has 1 N–H and O–H groups in total. The van der Waals surface area contributed by atoms with Crippen LogP contribution in [0.3, 0.4) is 0 Å². The van der Waals surface area contributed by atoms with Crippen LogP contribution in [0.15, 0.2) is 0 Å². The van der Waals surface area contributed by atoms with Gasteiger partial charge in [-0.05, 0) is 47.6 Å². The molecule has 0 saturated heterocycles. The van der Waals surface area contributed by atoms with Crippen LogP contribution in [0.5, 0.6) is 0 Å². The molecule has 0 atom stereocenters. The highest BCUT2D eigenvalue weighted by Gasteiger charge is 2.23. The fraction of sp³-hybridized carbons (Fsp3) is 0.714. The quantitative estimate of drug-likeness (QED) is 0.575. The molecule has 0 unspecified atom stereocenters. The topological polar surface area (TPSA) is 37.8 Å². The first-order valence-electron chi connectivity index (χ1n) is 7.08. The van der Waals surface area contributed by atoms with Crippen molar-refractivity contribution in [3.05, 3.63) is 15.1 Å². The molecular weight excluding hydrogens is 369 g/mol. The van der Waals surface area contributed by atoms with Gasteiger partial charge in [0.05, 0.1) is 15.0 Å². The molecule has 0 aliphatic heterocycles. The Morgan fingerprint density at radius 1 is 1.32 bits per heavy atom. The van der Waals surface area contributed by atoms with Crippen molar-refractivity contribution < 1.29 is 0 Å². The smallest absolute Gasteiger partial charge is 0.143 e. The maximum absolute atomic E-state index is 4.86. The molecule has 106 valence electrons. The largest absolute Gasteiger partial charge is 0.372 e. The number of hydrogen-bond acceptors (Lipinski definition) is 4.